The molecule has 0 spiro atoms. The van der Waals surface area contributed by atoms with E-state index >= 15 is 0 Å². The van der Waals surface area contributed by atoms with E-state index in [9.17, 15) is 4.79 Å². The summed E-state index contributed by atoms with van der Waals surface area (Å²) >= 11 is 0. The normalized spacial score (nSPS) is 11.3. The molecule has 1 amide bonds. The van der Waals surface area contributed by atoms with Crippen molar-refractivity contribution in [2.75, 3.05) is 19.0 Å². The van der Waals surface area contributed by atoms with Crippen molar-refractivity contribution in [3.8, 4) is 22.9 Å². The summed E-state index contributed by atoms with van der Waals surface area (Å²) in [7, 11) is 1.56. The first kappa shape index (κ1) is 25.0. The van der Waals surface area contributed by atoms with Gasteiger partial charge in [-0.3, -0.25) is 9.89 Å². The SMILES string of the molecule is COc1cc(-c2nc(Nc3ccc4[nH]ncc4c3C)n(CC(C)C)n2)ccc1OCC(=O)NC(C)C. The Bertz CT molecular complexity index is 1360. The van der Waals surface area contributed by atoms with Gasteiger partial charge in [-0.25, -0.2) is 4.68 Å². The van der Waals surface area contributed by atoms with Crippen molar-refractivity contribution >= 4 is 28.4 Å². The van der Waals surface area contributed by atoms with Gasteiger partial charge in [-0.2, -0.15) is 10.1 Å². The Morgan fingerprint density at radius 3 is 2.67 bits per heavy atom. The van der Waals surface area contributed by atoms with Crippen molar-refractivity contribution in [1.82, 2.24) is 30.3 Å². The fraction of sp³-hybridized carbons (Fsp3) is 0.385. The van der Waals surface area contributed by atoms with Crippen LogP contribution in [0.2, 0.25) is 0 Å². The number of carbonyl (C=O) groups is 1. The average Bonchev–Trinajstić information content (AvgIpc) is 3.46. The second-order valence-corrected chi connectivity index (χ2v) is 9.41. The van der Waals surface area contributed by atoms with Crippen LogP contribution in [0.25, 0.3) is 22.3 Å². The minimum Gasteiger partial charge on any atom is -0.493 e. The maximum absolute atomic E-state index is 12.0. The summed E-state index contributed by atoms with van der Waals surface area (Å²) in [6.45, 7) is 10.7. The Labute approximate surface area is 210 Å². The van der Waals surface area contributed by atoms with E-state index in [0.29, 0.717) is 35.7 Å². The predicted molar refractivity (Wildman–Crippen MR) is 140 cm³/mol. The fourth-order valence-electron chi connectivity index (χ4n) is 3.88. The Morgan fingerprint density at radius 1 is 1.14 bits per heavy atom. The van der Waals surface area contributed by atoms with E-state index in [-0.39, 0.29) is 18.6 Å². The van der Waals surface area contributed by atoms with Crippen molar-refractivity contribution in [3.05, 3.63) is 42.1 Å². The minimum absolute atomic E-state index is 0.0468. The molecule has 0 bridgehead atoms. The molecule has 0 saturated heterocycles. The number of methoxy groups -OCH3 is 1. The van der Waals surface area contributed by atoms with Gasteiger partial charge in [0.2, 0.25) is 5.95 Å². The highest BCUT2D eigenvalue weighted by Crippen LogP contribution is 2.33. The summed E-state index contributed by atoms with van der Waals surface area (Å²) < 4.78 is 13.1. The first-order valence-electron chi connectivity index (χ1n) is 12.0. The van der Waals surface area contributed by atoms with E-state index < -0.39 is 0 Å². The zero-order valence-corrected chi connectivity index (χ0v) is 21.5. The average molecular weight is 492 g/mol. The molecule has 4 aromatic rings. The molecule has 10 heteroatoms. The standard InChI is InChI=1S/C26H33N7O3/c1-15(2)13-33-26(29-20-8-9-21-19(17(20)5)12-27-31-21)30-25(32-33)18-7-10-22(23(11-18)35-6)36-14-24(34)28-16(3)4/h7-12,15-16H,13-14H2,1-6H3,(H,27,31)(H,28,34)(H,29,30,32). The predicted octanol–water partition coefficient (Wildman–Crippen LogP) is 4.44. The van der Waals surface area contributed by atoms with Crippen LogP contribution in [0.5, 0.6) is 11.5 Å². The number of aryl methyl sites for hydroxylation is 1. The van der Waals surface area contributed by atoms with Crippen molar-refractivity contribution in [2.45, 2.75) is 47.2 Å². The molecule has 0 unspecified atom stereocenters. The van der Waals surface area contributed by atoms with Crippen molar-refractivity contribution in [1.29, 1.82) is 0 Å². The van der Waals surface area contributed by atoms with E-state index in [1.807, 2.05) is 49.0 Å². The van der Waals surface area contributed by atoms with Gasteiger partial charge in [-0.15, -0.1) is 5.10 Å². The first-order valence-corrected chi connectivity index (χ1v) is 12.0. The highest BCUT2D eigenvalue weighted by molar-refractivity contribution is 5.87. The molecular formula is C26H33N7O3. The van der Waals surface area contributed by atoms with Crippen LogP contribution < -0.4 is 20.1 Å². The molecule has 0 aliphatic carbocycles. The number of carbonyl (C=O) groups excluding carboxylic acids is 1. The van der Waals surface area contributed by atoms with E-state index in [2.05, 4.69) is 41.6 Å². The van der Waals surface area contributed by atoms with Crippen LogP contribution >= 0.6 is 0 Å². The summed E-state index contributed by atoms with van der Waals surface area (Å²) in [5.74, 6) is 2.37. The van der Waals surface area contributed by atoms with Gasteiger partial charge in [-0.1, -0.05) is 13.8 Å². The van der Waals surface area contributed by atoms with Crippen LogP contribution in [-0.2, 0) is 11.3 Å². The molecule has 2 heterocycles. The molecule has 0 atom stereocenters. The monoisotopic (exact) mass is 491 g/mol. The molecule has 10 nitrogen and oxygen atoms in total. The topological polar surface area (TPSA) is 119 Å². The van der Waals surface area contributed by atoms with Crippen LogP contribution in [0.1, 0.15) is 33.3 Å². The van der Waals surface area contributed by atoms with Crippen LogP contribution in [0.3, 0.4) is 0 Å². The molecule has 0 fully saturated rings. The number of aromatic nitrogens is 5. The molecule has 0 aliphatic heterocycles. The van der Waals surface area contributed by atoms with Crippen LogP contribution in [0, 0.1) is 12.8 Å². The highest BCUT2D eigenvalue weighted by atomic mass is 16.5. The van der Waals surface area contributed by atoms with E-state index in [0.717, 1.165) is 27.7 Å². The molecule has 3 N–H and O–H groups in total. The number of nitrogens with one attached hydrogen (secondary N) is 3. The number of fused-ring (bicyclic) bond motifs is 1. The van der Waals surface area contributed by atoms with Gasteiger partial charge >= 0.3 is 0 Å². The number of hydrogen-bond acceptors (Lipinski definition) is 7. The number of rotatable bonds is 10. The Hall–Kier alpha value is -4.08. The van der Waals surface area contributed by atoms with Crippen LogP contribution in [0.15, 0.2) is 36.5 Å². The smallest absolute Gasteiger partial charge is 0.258 e. The van der Waals surface area contributed by atoms with Gasteiger partial charge in [0.1, 0.15) is 0 Å². The van der Waals surface area contributed by atoms with Crippen LogP contribution in [-0.4, -0.2) is 50.6 Å². The molecule has 4 rings (SSSR count). The second-order valence-electron chi connectivity index (χ2n) is 9.41. The molecule has 36 heavy (non-hydrogen) atoms. The quantitative estimate of drug-likeness (QED) is 0.300. The first-order chi connectivity index (χ1) is 17.2. The van der Waals surface area contributed by atoms with Gasteiger partial charge in [0, 0.05) is 29.2 Å². The molecule has 2 aromatic heterocycles. The van der Waals surface area contributed by atoms with Gasteiger partial charge < -0.3 is 20.1 Å². The molecule has 190 valence electrons. The third kappa shape index (κ3) is 5.59. The summed E-state index contributed by atoms with van der Waals surface area (Å²) in [4.78, 5) is 16.8. The number of ether oxygens (including phenoxy) is 2. The molecular weight excluding hydrogens is 458 g/mol. The zero-order chi connectivity index (χ0) is 25.8. The maximum Gasteiger partial charge on any atom is 0.258 e. The lowest BCUT2D eigenvalue weighted by molar-refractivity contribution is -0.123. The lowest BCUT2D eigenvalue weighted by atomic mass is 10.1. The van der Waals surface area contributed by atoms with Crippen molar-refractivity contribution in [2.24, 2.45) is 5.92 Å². The van der Waals surface area contributed by atoms with E-state index in [4.69, 9.17) is 19.6 Å². The number of benzene rings is 2. The van der Waals surface area contributed by atoms with E-state index in [1.54, 1.807) is 13.2 Å². The Balaban J connectivity index is 1.61. The van der Waals surface area contributed by atoms with Crippen molar-refractivity contribution < 1.29 is 14.3 Å². The van der Waals surface area contributed by atoms with Gasteiger partial charge in [0.15, 0.2) is 23.9 Å². The number of nitrogens with zero attached hydrogens (tertiary/aromatic N) is 4. The lowest BCUT2D eigenvalue weighted by Crippen LogP contribution is -2.34. The Morgan fingerprint density at radius 2 is 1.94 bits per heavy atom. The van der Waals surface area contributed by atoms with Crippen LogP contribution in [0.4, 0.5) is 11.6 Å². The number of hydrogen-bond donors (Lipinski definition) is 3. The number of anilines is 2. The number of H-pyrrole nitrogens is 1. The third-order valence-corrected chi connectivity index (χ3v) is 5.58. The summed E-state index contributed by atoms with van der Waals surface area (Å²) in [6, 6.07) is 9.49. The van der Waals surface area contributed by atoms with Gasteiger partial charge in [0.25, 0.3) is 5.91 Å². The molecule has 0 saturated carbocycles. The lowest BCUT2D eigenvalue weighted by Gasteiger charge is -2.12. The Kier molecular flexibility index (Phi) is 7.42. The fourth-order valence-corrected chi connectivity index (χ4v) is 3.88. The van der Waals surface area contributed by atoms with Gasteiger partial charge in [0.05, 0.1) is 18.8 Å². The largest absolute Gasteiger partial charge is 0.493 e. The minimum atomic E-state index is -0.190. The maximum atomic E-state index is 12.0. The summed E-state index contributed by atoms with van der Waals surface area (Å²) in [5, 5.41) is 19.2. The highest BCUT2D eigenvalue weighted by Gasteiger charge is 2.17. The number of amides is 1. The molecule has 0 radical (unpaired) electrons. The molecule has 0 aliphatic rings. The van der Waals surface area contributed by atoms with E-state index in [1.165, 1.54) is 0 Å². The third-order valence-electron chi connectivity index (χ3n) is 5.58. The zero-order valence-electron chi connectivity index (χ0n) is 21.5. The summed E-state index contributed by atoms with van der Waals surface area (Å²) in [6.07, 6.45) is 1.82. The van der Waals surface area contributed by atoms with Gasteiger partial charge in [-0.05, 0) is 62.6 Å². The second kappa shape index (κ2) is 10.7. The summed E-state index contributed by atoms with van der Waals surface area (Å²) in [5.41, 5.74) is 3.78. The number of aromatic amines is 1. The van der Waals surface area contributed by atoms with Crippen molar-refractivity contribution in [3.63, 3.8) is 0 Å². The molecule has 2 aromatic carbocycles.